The minimum atomic E-state index is -4.51. The second-order valence-electron chi connectivity index (χ2n) is 3.93. The van der Waals surface area contributed by atoms with Crippen molar-refractivity contribution in [1.82, 2.24) is 15.3 Å². The van der Waals surface area contributed by atoms with Gasteiger partial charge in [0.2, 0.25) is 0 Å². The number of hydrogen-bond acceptors (Lipinski definition) is 3. The molecule has 4 nitrogen and oxygen atoms in total. The number of carbonyl (C=O) groups excluding carboxylic acids is 1. The second-order valence-corrected chi connectivity index (χ2v) is 3.93. The van der Waals surface area contributed by atoms with Crippen molar-refractivity contribution < 1.29 is 18.0 Å². The van der Waals surface area contributed by atoms with Crippen LogP contribution in [0.5, 0.6) is 0 Å². The maximum Gasteiger partial charge on any atom is 0.433 e. The predicted molar refractivity (Wildman–Crippen MR) is 64.6 cm³/mol. The zero-order chi connectivity index (χ0) is 14.6. The van der Waals surface area contributed by atoms with Crippen LogP contribution in [0.25, 0.3) is 0 Å². The molecule has 20 heavy (non-hydrogen) atoms. The number of alkyl halides is 3. The summed E-state index contributed by atoms with van der Waals surface area (Å²) in [5.74, 6) is -0.503. The average Bonchev–Trinajstić information content (AvgIpc) is 2.45. The van der Waals surface area contributed by atoms with Crippen LogP contribution in [0.2, 0.25) is 0 Å². The first-order chi connectivity index (χ1) is 9.47. The molecule has 0 aliphatic carbocycles. The summed E-state index contributed by atoms with van der Waals surface area (Å²) in [6.45, 7) is 0.195. The van der Waals surface area contributed by atoms with Gasteiger partial charge in [0, 0.05) is 12.4 Å². The van der Waals surface area contributed by atoms with E-state index in [1.807, 2.05) is 0 Å². The monoisotopic (exact) mass is 281 g/mol. The van der Waals surface area contributed by atoms with Gasteiger partial charge < -0.3 is 5.32 Å². The van der Waals surface area contributed by atoms with Crippen molar-refractivity contribution in [1.29, 1.82) is 0 Å². The molecule has 0 aliphatic heterocycles. The molecule has 0 bridgehead atoms. The van der Waals surface area contributed by atoms with Crippen LogP contribution in [0.1, 0.15) is 21.7 Å². The normalized spacial score (nSPS) is 11.2. The van der Waals surface area contributed by atoms with Gasteiger partial charge in [-0.1, -0.05) is 6.07 Å². The zero-order valence-corrected chi connectivity index (χ0v) is 10.2. The third-order valence-corrected chi connectivity index (χ3v) is 2.47. The minimum absolute atomic E-state index is 0.0638. The largest absolute Gasteiger partial charge is 0.433 e. The standard InChI is InChI=1S/C13H10F3N3O/c14-13(15,16)11-5-4-9(7-18-11)12(20)19-8-10-3-1-2-6-17-10/h1-7H,8H2,(H,19,20). The Morgan fingerprint density at radius 1 is 1.15 bits per heavy atom. The van der Waals surface area contributed by atoms with E-state index in [1.54, 1.807) is 24.4 Å². The second kappa shape index (κ2) is 5.68. The molecule has 1 amide bonds. The van der Waals surface area contributed by atoms with Crippen LogP contribution < -0.4 is 5.32 Å². The Balaban J connectivity index is 1.99. The molecule has 0 saturated carbocycles. The molecular formula is C13H10F3N3O. The van der Waals surface area contributed by atoms with Crippen LogP contribution in [0.3, 0.4) is 0 Å². The van der Waals surface area contributed by atoms with E-state index in [4.69, 9.17) is 0 Å². The molecule has 0 unspecified atom stereocenters. The highest BCUT2D eigenvalue weighted by atomic mass is 19.4. The van der Waals surface area contributed by atoms with Crippen LogP contribution in [-0.4, -0.2) is 15.9 Å². The van der Waals surface area contributed by atoms with Crippen molar-refractivity contribution in [2.45, 2.75) is 12.7 Å². The summed E-state index contributed by atoms with van der Waals surface area (Å²) >= 11 is 0. The summed E-state index contributed by atoms with van der Waals surface area (Å²) < 4.78 is 37.0. The fourth-order valence-corrected chi connectivity index (χ4v) is 1.47. The third-order valence-electron chi connectivity index (χ3n) is 2.47. The fraction of sp³-hybridized carbons (Fsp3) is 0.154. The van der Waals surface area contributed by atoms with Crippen LogP contribution in [-0.2, 0) is 12.7 Å². The van der Waals surface area contributed by atoms with E-state index in [-0.39, 0.29) is 12.1 Å². The quantitative estimate of drug-likeness (QED) is 0.940. The van der Waals surface area contributed by atoms with Crippen molar-refractivity contribution >= 4 is 5.91 Å². The molecule has 2 heterocycles. The summed E-state index contributed by atoms with van der Waals surface area (Å²) in [6, 6.07) is 7.10. The Bertz CT molecular complexity index is 582. The van der Waals surface area contributed by atoms with E-state index in [2.05, 4.69) is 15.3 Å². The molecule has 0 spiro atoms. The summed E-state index contributed by atoms with van der Waals surface area (Å²) in [5.41, 5.74) is -0.312. The fourth-order valence-electron chi connectivity index (χ4n) is 1.47. The van der Waals surface area contributed by atoms with E-state index in [0.29, 0.717) is 5.69 Å². The molecule has 2 aromatic heterocycles. The molecule has 2 aromatic rings. The average molecular weight is 281 g/mol. The molecule has 0 saturated heterocycles. The van der Waals surface area contributed by atoms with Crippen LogP contribution in [0.15, 0.2) is 42.7 Å². The van der Waals surface area contributed by atoms with E-state index >= 15 is 0 Å². The number of nitrogens with one attached hydrogen (secondary N) is 1. The van der Waals surface area contributed by atoms with Gasteiger partial charge in [0.25, 0.3) is 5.91 Å². The Hall–Kier alpha value is -2.44. The molecular weight excluding hydrogens is 271 g/mol. The minimum Gasteiger partial charge on any atom is -0.346 e. The topological polar surface area (TPSA) is 54.9 Å². The highest BCUT2D eigenvalue weighted by molar-refractivity contribution is 5.93. The van der Waals surface area contributed by atoms with Gasteiger partial charge in [0.1, 0.15) is 5.69 Å². The summed E-state index contributed by atoms with van der Waals surface area (Å²) in [6.07, 6.45) is -2.03. The van der Waals surface area contributed by atoms with Crippen molar-refractivity contribution in [3.8, 4) is 0 Å². The van der Waals surface area contributed by atoms with Gasteiger partial charge in [-0.05, 0) is 24.3 Å². The van der Waals surface area contributed by atoms with Crippen LogP contribution in [0, 0.1) is 0 Å². The first-order valence-corrected chi connectivity index (χ1v) is 5.68. The lowest BCUT2D eigenvalue weighted by Crippen LogP contribution is -2.23. The number of nitrogens with zero attached hydrogens (tertiary/aromatic N) is 2. The van der Waals surface area contributed by atoms with Gasteiger partial charge >= 0.3 is 6.18 Å². The number of pyridine rings is 2. The van der Waals surface area contributed by atoms with Gasteiger partial charge in [-0.2, -0.15) is 13.2 Å². The van der Waals surface area contributed by atoms with Gasteiger partial charge in [-0.15, -0.1) is 0 Å². The number of rotatable bonds is 3. The lowest BCUT2D eigenvalue weighted by molar-refractivity contribution is -0.141. The molecule has 0 fully saturated rings. The van der Waals surface area contributed by atoms with Gasteiger partial charge in [0.05, 0.1) is 17.8 Å². The Morgan fingerprint density at radius 3 is 2.50 bits per heavy atom. The van der Waals surface area contributed by atoms with Crippen molar-refractivity contribution in [3.63, 3.8) is 0 Å². The number of halogens is 3. The van der Waals surface area contributed by atoms with Gasteiger partial charge in [-0.25, -0.2) is 0 Å². The predicted octanol–water partition coefficient (Wildman–Crippen LogP) is 2.43. The molecule has 7 heteroatoms. The van der Waals surface area contributed by atoms with E-state index in [0.717, 1.165) is 18.3 Å². The SMILES string of the molecule is O=C(NCc1ccccn1)c1ccc(C(F)(F)F)nc1. The summed E-state index contributed by atoms with van der Waals surface area (Å²) in [7, 11) is 0. The van der Waals surface area contributed by atoms with Gasteiger partial charge in [0.15, 0.2) is 0 Å². The van der Waals surface area contributed by atoms with Crippen LogP contribution >= 0.6 is 0 Å². The molecule has 0 aliphatic rings. The Morgan fingerprint density at radius 2 is 1.95 bits per heavy atom. The van der Waals surface area contributed by atoms with Crippen molar-refractivity contribution in [2.75, 3.05) is 0 Å². The molecule has 104 valence electrons. The highest BCUT2D eigenvalue weighted by Crippen LogP contribution is 2.27. The molecule has 0 aromatic carbocycles. The molecule has 0 radical (unpaired) electrons. The van der Waals surface area contributed by atoms with E-state index in [9.17, 15) is 18.0 Å². The molecule has 1 N–H and O–H groups in total. The Labute approximate surface area is 112 Å². The van der Waals surface area contributed by atoms with Crippen molar-refractivity contribution in [3.05, 3.63) is 59.7 Å². The molecule has 2 rings (SSSR count). The number of aromatic nitrogens is 2. The zero-order valence-electron chi connectivity index (χ0n) is 10.2. The lowest BCUT2D eigenvalue weighted by atomic mass is 10.2. The number of carbonyl (C=O) groups is 1. The highest BCUT2D eigenvalue weighted by Gasteiger charge is 2.32. The lowest BCUT2D eigenvalue weighted by Gasteiger charge is -2.07. The van der Waals surface area contributed by atoms with Crippen molar-refractivity contribution in [2.24, 2.45) is 0 Å². The smallest absolute Gasteiger partial charge is 0.346 e. The molecule has 0 atom stereocenters. The maximum atomic E-state index is 12.3. The van der Waals surface area contributed by atoms with Crippen LogP contribution in [0.4, 0.5) is 13.2 Å². The summed E-state index contributed by atoms with van der Waals surface area (Å²) in [4.78, 5) is 19.0. The first-order valence-electron chi connectivity index (χ1n) is 5.68. The first kappa shape index (κ1) is 14.0. The van der Waals surface area contributed by atoms with E-state index < -0.39 is 17.8 Å². The summed E-state index contributed by atoms with van der Waals surface area (Å²) in [5, 5.41) is 2.55. The maximum absolute atomic E-state index is 12.3. The third kappa shape index (κ3) is 3.53. The number of amides is 1. The number of hydrogen-bond donors (Lipinski definition) is 1. The Kier molecular flexibility index (Phi) is 3.97. The van der Waals surface area contributed by atoms with E-state index in [1.165, 1.54) is 0 Å². The van der Waals surface area contributed by atoms with Gasteiger partial charge in [-0.3, -0.25) is 14.8 Å².